The van der Waals surface area contributed by atoms with Crippen molar-refractivity contribution in [3.63, 3.8) is 0 Å². The van der Waals surface area contributed by atoms with Crippen molar-refractivity contribution < 1.29 is 4.79 Å². The molecule has 0 aliphatic carbocycles. The van der Waals surface area contributed by atoms with Gasteiger partial charge >= 0.3 is 0 Å². The molecular weight excluding hydrogens is 283 g/mol. The number of nitrogens with one attached hydrogen (secondary N) is 1. The predicted molar refractivity (Wildman–Crippen MR) is 80.5 cm³/mol. The van der Waals surface area contributed by atoms with E-state index in [-0.39, 0.29) is 23.9 Å². The lowest BCUT2D eigenvalue weighted by atomic mass is 10.0. The number of carbonyl (C=O) groups excluding carboxylic acids is 1. The molecule has 0 saturated heterocycles. The number of amides is 1. The maximum absolute atomic E-state index is 11.9. The van der Waals surface area contributed by atoms with Crippen LogP contribution >= 0.6 is 23.2 Å². The Hall–Kier alpha value is -0.770. The molecule has 0 aliphatic rings. The Kier molecular flexibility index (Phi) is 6.11. The smallest absolute Gasteiger partial charge is 0.222 e. The van der Waals surface area contributed by atoms with E-state index in [4.69, 9.17) is 28.9 Å². The van der Waals surface area contributed by atoms with Crippen molar-refractivity contribution in [2.24, 2.45) is 11.7 Å². The molecule has 1 rings (SSSR count). The quantitative estimate of drug-likeness (QED) is 0.874. The first kappa shape index (κ1) is 16.3. The molecule has 106 valence electrons. The summed E-state index contributed by atoms with van der Waals surface area (Å²) in [6.07, 6.45) is 0.313. The van der Waals surface area contributed by atoms with Gasteiger partial charge in [0.15, 0.2) is 0 Å². The van der Waals surface area contributed by atoms with E-state index in [0.29, 0.717) is 16.5 Å². The Morgan fingerprint density at radius 3 is 2.47 bits per heavy atom. The summed E-state index contributed by atoms with van der Waals surface area (Å²) in [5.41, 5.74) is 6.72. The van der Waals surface area contributed by atoms with Gasteiger partial charge < -0.3 is 11.1 Å². The fourth-order valence-electron chi connectivity index (χ4n) is 1.68. The first-order chi connectivity index (χ1) is 8.81. The number of halogens is 2. The van der Waals surface area contributed by atoms with Crippen LogP contribution in [0, 0.1) is 5.92 Å². The summed E-state index contributed by atoms with van der Waals surface area (Å²) in [5.74, 6) is 0.208. The number of rotatable bonds is 5. The minimum Gasteiger partial charge on any atom is -0.349 e. The summed E-state index contributed by atoms with van der Waals surface area (Å²) >= 11 is 11.9. The third-order valence-electron chi connectivity index (χ3n) is 3.08. The SMILES string of the molecule is CC(NC(=O)CC(N)C(C)C)c1ccc(Cl)cc1Cl. The molecule has 1 aromatic carbocycles. The normalized spacial score (nSPS) is 14.3. The number of hydrogen-bond acceptors (Lipinski definition) is 2. The number of benzene rings is 1. The maximum Gasteiger partial charge on any atom is 0.222 e. The molecule has 0 aromatic heterocycles. The second-order valence-electron chi connectivity index (χ2n) is 5.07. The summed E-state index contributed by atoms with van der Waals surface area (Å²) in [7, 11) is 0. The highest BCUT2D eigenvalue weighted by molar-refractivity contribution is 6.35. The van der Waals surface area contributed by atoms with Gasteiger partial charge in [-0.25, -0.2) is 0 Å². The summed E-state index contributed by atoms with van der Waals surface area (Å²) in [6, 6.07) is 4.94. The molecule has 0 heterocycles. The summed E-state index contributed by atoms with van der Waals surface area (Å²) in [4.78, 5) is 11.9. The van der Waals surface area contributed by atoms with Crippen molar-refractivity contribution in [3.05, 3.63) is 33.8 Å². The van der Waals surface area contributed by atoms with E-state index in [2.05, 4.69) is 5.32 Å². The summed E-state index contributed by atoms with van der Waals surface area (Å²) in [6.45, 7) is 5.88. The van der Waals surface area contributed by atoms with Crippen molar-refractivity contribution in [2.75, 3.05) is 0 Å². The minimum absolute atomic E-state index is 0.0697. The molecule has 2 atom stereocenters. The Labute approximate surface area is 124 Å². The van der Waals surface area contributed by atoms with E-state index in [1.165, 1.54) is 0 Å². The molecule has 0 fully saturated rings. The van der Waals surface area contributed by atoms with Gasteiger partial charge in [-0.15, -0.1) is 0 Å². The largest absolute Gasteiger partial charge is 0.349 e. The fraction of sp³-hybridized carbons (Fsp3) is 0.500. The van der Waals surface area contributed by atoms with Crippen molar-refractivity contribution in [1.82, 2.24) is 5.32 Å². The highest BCUT2D eigenvalue weighted by Crippen LogP contribution is 2.26. The Morgan fingerprint density at radius 2 is 1.95 bits per heavy atom. The van der Waals surface area contributed by atoms with Crippen LogP contribution in [0.15, 0.2) is 18.2 Å². The van der Waals surface area contributed by atoms with Gasteiger partial charge in [-0.2, -0.15) is 0 Å². The molecule has 19 heavy (non-hydrogen) atoms. The van der Waals surface area contributed by atoms with Crippen molar-refractivity contribution in [1.29, 1.82) is 0 Å². The van der Waals surface area contributed by atoms with Gasteiger partial charge in [0.2, 0.25) is 5.91 Å². The molecule has 1 amide bonds. The molecule has 0 saturated carbocycles. The van der Waals surface area contributed by atoms with Crippen LogP contribution in [0.25, 0.3) is 0 Å². The molecule has 0 bridgehead atoms. The Bertz CT molecular complexity index is 449. The van der Waals surface area contributed by atoms with Crippen LogP contribution in [0.2, 0.25) is 10.0 Å². The standard InChI is InChI=1S/C14H20Cl2N2O/c1-8(2)13(17)7-14(19)18-9(3)11-5-4-10(15)6-12(11)16/h4-6,8-9,13H,7,17H2,1-3H3,(H,18,19). The second-order valence-corrected chi connectivity index (χ2v) is 5.91. The van der Waals surface area contributed by atoms with Crippen LogP contribution in [0.5, 0.6) is 0 Å². The first-order valence-electron chi connectivity index (χ1n) is 6.31. The first-order valence-corrected chi connectivity index (χ1v) is 7.06. The van der Waals surface area contributed by atoms with Gasteiger partial charge in [0.25, 0.3) is 0 Å². The average molecular weight is 303 g/mol. The zero-order valence-electron chi connectivity index (χ0n) is 11.4. The molecular formula is C14H20Cl2N2O. The highest BCUT2D eigenvalue weighted by atomic mass is 35.5. The number of carbonyl (C=O) groups is 1. The lowest BCUT2D eigenvalue weighted by Gasteiger charge is -2.19. The predicted octanol–water partition coefficient (Wildman–Crippen LogP) is 3.54. The third-order valence-corrected chi connectivity index (χ3v) is 3.65. The Balaban J connectivity index is 2.64. The van der Waals surface area contributed by atoms with Crippen molar-refractivity contribution >= 4 is 29.1 Å². The van der Waals surface area contributed by atoms with E-state index in [1.807, 2.05) is 26.8 Å². The molecule has 2 unspecified atom stereocenters. The lowest BCUT2D eigenvalue weighted by Crippen LogP contribution is -2.35. The van der Waals surface area contributed by atoms with Crippen LogP contribution in [0.1, 0.15) is 38.8 Å². The van der Waals surface area contributed by atoms with E-state index in [1.54, 1.807) is 12.1 Å². The van der Waals surface area contributed by atoms with Crippen molar-refractivity contribution in [2.45, 2.75) is 39.3 Å². The van der Waals surface area contributed by atoms with E-state index in [0.717, 1.165) is 5.56 Å². The van der Waals surface area contributed by atoms with Gasteiger partial charge in [-0.1, -0.05) is 43.1 Å². The second kappa shape index (κ2) is 7.13. The van der Waals surface area contributed by atoms with Gasteiger partial charge in [0.05, 0.1) is 6.04 Å². The molecule has 3 nitrogen and oxygen atoms in total. The van der Waals surface area contributed by atoms with E-state index >= 15 is 0 Å². The highest BCUT2D eigenvalue weighted by Gasteiger charge is 2.16. The maximum atomic E-state index is 11.9. The zero-order chi connectivity index (χ0) is 14.6. The van der Waals surface area contributed by atoms with Crippen LogP contribution < -0.4 is 11.1 Å². The Morgan fingerprint density at radius 1 is 1.32 bits per heavy atom. The third kappa shape index (κ3) is 5.01. The molecule has 0 aliphatic heterocycles. The number of nitrogens with two attached hydrogens (primary N) is 1. The van der Waals surface area contributed by atoms with Gasteiger partial charge in [-0.3, -0.25) is 4.79 Å². The zero-order valence-corrected chi connectivity index (χ0v) is 12.9. The van der Waals surface area contributed by atoms with Crippen LogP contribution in [0.3, 0.4) is 0 Å². The van der Waals surface area contributed by atoms with Gasteiger partial charge in [-0.05, 0) is 30.5 Å². The summed E-state index contributed by atoms with van der Waals surface area (Å²) < 4.78 is 0. The van der Waals surface area contributed by atoms with Gasteiger partial charge in [0.1, 0.15) is 0 Å². The minimum atomic E-state index is -0.170. The molecule has 3 N–H and O–H groups in total. The molecule has 1 aromatic rings. The molecule has 5 heteroatoms. The molecule has 0 spiro atoms. The van der Waals surface area contributed by atoms with Crippen LogP contribution in [0.4, 0.5) is 0 Å². The van der Waals surface area contributed by atoms with Crippen molar-refractivity contribution in [3.8, 4) is 0 Å². The average Bonchev–Trinajstić information content (AvgIpc) is 2.27. The van der Waals surface area contributed by atoms with Crippen LogP contribution in [-0.4, -0.2) is 11.9 Å². The summed E-state index contributed by atoms with van der Waals surface area (Å²) in [5, 5.41) is 4.02. The molecule has 0 radical (unpaired) electrons. The topological polar surface area (TPSA) is 55.1 Å². The monoisotopic (exact) mass is 302 g/mol. The lowest BCUT2D eigenvalue weighted by molar-refractivity contribution is -0.122. The van der Waals surface area contributed by atoms with Crippen LogP contribution in [-0.2, 0) is 4.79 Å². The fourth-order valence-corrected chi connectivity index (χ4v) is 2.25. The van der Waals surface area contributed by atoms with E-state index < -0.39 is 0 Å². The number of hydrogen-bond donors (Lipinski definition) is 2. The van der Waals surface area contributed by atoms with E-state index in [9.17, 15) is 4.79 Å². The van der Waals surface area contributed by atoms with Gasteiger partial charge in [0, 0.05) is 22.5 Å².